The molecule has 2 amide bonds. The number of rotatable bonds is 5. The number of sulfone groups is 1. The molecule has 0 bridgehead atoms. The molecule has 21 heavy (non-hydrogen) atoms. The Morgan fingerprint density at radius 3 is 2.62 bits per heavy atom. The summed E-state index contributed by atoms with van der Waals surface area (Å²) in [6.07, 6.45) is 0. The number of hydrogen-bond acceptors (Lipinski definition) is 5. The normalized spacial score (nSPS) is 11.1. The maximum absolute atomic E-state index is 12.0. The summed E-state index contributed by atoms with van der Waals surface area (Å²) in [5, 5.41) is 7.35. The van der Waals surface area contributed by atoms with Crippen LogP contribution >= 0.6 is 11.3 Å². The van der Waals surface area contributed by atoms with E-state index in [1.165, 1.54) is 23.5 Å². The van der Waals surface area contributed by atoms with Crippen LogP contribution in [0.25, 0.3) is 0 Å². The summed E-state index contributed by atoms with van der Waals surface area (Å²) in [6.45, 7) is 1.86. The molecular formula is C13H15N3O3S2. The van der Waals surface area contributed by atoms with E-state index < -0.39 is 15.9 Å². The number of benzene rings is 1. The van der Waals surface area contributed by atoms with Gasteiger partial charge in [0.2, 0.25) is 0 Å². The topological polar surface area (TPSA) is 88.2 Å². The highest BCUT2D eigenvalue weighted by molar-refractivity contribution is 7.91. The van der Waals surface area contributed by atoms with Gasteiger partial charge in [0.05, 0.1) is 16.3 Å². The van der Waals surface area contributed by atoms with Crippen LogP contribution in [0, 0.1) is 6.92 Å². The molecule has 0 unspecified atom stereocenters. The average molecular weight is 325 g/mol. The van der Waals surface area contributed by atoms with Crippen LogP contribution in [0.15, 0.2) is 40.6 Å². The molecule has 0 saturated heterocycles. The van der Waals surface area contributed by atoms with Gasteiger partial charge in [0.25, 0.3) is 0 Å². The fraction of sp³-hybridized carbons (Fsp3) is 0.231. The highest BCUT2D eigenvalue weighted by atomic mass is 32.2. The Labute approximate surface area is 127 Å². The number of aromatic nitrogens is 1. The van der Waals surface area contributed by atoms with Gasteiger partial charge in [-0.2, -0.15) is 0 Å². The molecule has 0 aliphatic carbocycles. The van der Waals surface area contributed by atoms with Crippen molar-refractivity contribution in [2.75, 3.05) is 17.6 Å². The number of thiazole rings is 1. The van der Waals surface area contributed by atoms with Crippen LogP contribution in [0.1, 0.15) is 5.69 Å². The Balaban J connectivity index is 1.82. The summed E-state index contributed by atoms with van der Waals surface area (Å²) in [6, 6.07) is 7.69. The first kappa shape index (κ1) is 15.5. The van der Waals surface area contributed by atoms with E-state index >= 15 is 0 Å². The molecule has 0 radical (unpaired) electrons. The van der Waals surface area contributed by atoms with Crippen molar-refractivity contribution in [3.05, 3.63) is 41.4 Å². The molecule has 1 aromatic carbocycles. The van der Waals surface area contributed by atoms with Crippen molar-refractivity contribution in [1.82, 2.24) is 10.3 Å². The molecule has 2 aromatic rings. The van der Waals surface area contributed by atoms with Gasteiger partial charge in [0.1, 0.15) is 0 Å². The first-order chi connectivity index (χ1) is 9.97. The largest absolute Gasteiger partial charge is 0.337 e. The SMILES string of the molecule is Cc1csc(NC(=O)NCCS(=O)(=O)c2ccccc2)n1. The fourth-order valence-electron chi connectivity index (χ4n) is 1.60. The Kier molecular flexibility index (Phi) is 4.92. The maximum Gasteiger partial charge on any atom is 0.321 e. The minimum atomic E-state index is -3.38. The summed E-state index contributed by atoms with van der Waals surface area (Å²) >= 11 is 1.31. The van der Waals surface area contributed by atoms with Crippen molar-refractivity contribution < 1.29 is 13.2 Å². The molecule has 0 aliphatic rings. The number of carbonyl (C=O) groups is 1. The number of anilines is 1. The van der Waals surface area contributed by atoms with Gasteiger partial charge in [-0.1, -0.05) is 18.2 Å². The lowest BCUT2D eigenvalue weighted by Gasteiger charge is -2.06. The molecule has 0 aliphatic heterocycles. The molecule has 0 atom stereocenters. The minimum Gasteiger partial charge on any atom is -0.337 e. The zero-order chi connectivity index (χ0) is 15.3. The van der Waals surface area contributed by atoms with E-state index in [0.29, 0.717) is 5.13 Å². The van der Waals surface area contributed by atoms with Gasteiger partial charge in [-0.25, -0.2) is 18.2 Å². The molecule has 0 spiro atoms. The molecule has 0 fully saturated rings. The predicted molar refractivity (Wildman–Crippen MR) is 82.4 cm³/mol. The lowest BCUT2D eigenvalue weighted by molar-refractivity contribution is 0.252. The van der Waals surface area contributed by atoms with Crippen molar-refractivity contribution in [3.8, 4) is 0 Å². The van der Waals surface area contributed by atoms with E-state index in [9.17, 15) is 13.2 Å². The van der Waals surface area contributed by atoms with Crippen molar-refractivity contribution in [1.29, 1.82) is 0 Å². The number of carbonyl (C=O) groups excluding carboxylic acids is 1. The van der Waals surface area contributed by atoms with Crippen LogP contribution in [0.5, 0.6) is 0 Å². The quantitative estimate of drug-likeness (QED) is 0.880. The Morgan fingerprint density at radius 1 is 1.29 bits per heavy atom. The van der Waals surface area contributed by atoms with Crippen LogP contribution < -0.4 is 10.6 Å². The molecular weight excluding hydrogens is 310 g/mol. The summed E-state index contributed by atoms with van der Waals surface area (Å²) in [5.41, 5.74) is 0.821. The molecule has 0 saturated carbocycles. The first-order valence-electron chi connectivity index (χ1n) is 6.22. The monoisotopic (exact) mass is 325 g/mol. The van der Waals surface area contributed by atoms with Crippen LogP contribution in [0.2, 0.25) is 0 Å². The second-order valence-corrected chi connectivity index (χ2v) is 7.27. The number of hydrogen-bond donors (Lipinski definition) is 2. The Hall–Kier alpha value is -1.93. The zero-order valence-corrected chi connectivity index (χ0v) is 13.0. The van der Waals surface area contributed by atoms with Crippen molar-refractivity contribution in [2.45, 2.75) is 11.8 Å². The zero-order valence-electron chi connectivity index (χ0n) is 11.4. The van der Waals surface area contributed by atoms with Gasteiger partial charge in [-0.05, 0) is 19.1 Å². The van der Waals surface area contributed by atoms with E-state index in [1.54, 1.807) is 18.2 Å². The van der Waals surface area contributed by atoms with Gasteiger partial charge in [0, 0.05) is 11.9 Å². The van der Waals surface area contributed by atoms with Gasteiger partial charge >= 0.3 is 6.03 Å². The second kappa shape index (κ2) is 6.68. The first-order valence-corrected chi connectivity index (χ1v) is 8.75. The Bertz CT molecular complexity index is 711. The molecule has 6 nitrogen and oxygen atoms in total. The summed E-state index contributed by atoms with van der Waals surface area (Å²) < 4.78 is 24.0. The van der Waals surface area contributed by atoms with Crippen molar-refractivity contribution in [3.63, 3.8) is 0 Å². The highest BCUT2D eigenvalue weighted by Crippen LogP contribution is 2.14. The van der Waals surface area contributed by atoms with Gasteiger partial charge in [-0.15, -0.1) is 11.3 Å². The summed E-state index contributed by atoms with van der Waals surface area (Å²) in [4.78, 5) is 15.9. The van der Waals surface area contributed by atoms with E-state index in [-0.39, 0.29) is 17.2 Å². The maximum atomic E-state index is 12.0. The van der Waals surface area contributed by atoms with Crippen LogP contribution in [0.3, 0.4) is 0 Å². The van der Waals surface area contributed by atoms with E-state index in [2.05, 4.69) is 15.6 Å². The van der Waals surface area contributed by atoms with E-state index in [0.717, 1.165) is 5.69 Å². The lowest BCUT2D eigenvalue weighted by atomic mass is 10.4. The van der Waals surface area contributed by atoms with Crippen LogP contribution in [0.4, 0.5) is 9.93 Å². The smallest absolute Gasteiger partial charge is 0.321 e. The molecule has 2 rings (SSSR count). The number of amides is 2. The average Bonchev–Trinajstić information content (AvgIpc) is 2.85. The highest BCUT2D eigenvalue weighted by Gasteiger charge is 2.14. The predicted octanol–water partition coefficient (Wildman–Crippen LogP) is 2.05. The van der Waals surface area contributed by atoms with Gasteiger partial charge < -0.3 is 5.32 Å². The van der Waals surface area contributed by atoms with Crippen LogP contribution in [-0.4, -0.2) is 31.7 Å². The molecule has 2 N–H and O–H groups in total. The number of aryl methyl sites for hydroxylation is 1. The summed E-state index contributed by atoms with van der Waals surface area (Å²) in [5.74, 6) is -0.151. The molecule has 112 valence electrons. The van der Waals surface area contributed by atoms with Gasteiger partial charge in [-0.3, -0.25) is 5.32 Å². The van der Waals surface area contributed by atoms with Crippen molar-refractivity contribution in [2.24, 2.45) is 0 Å². The lowest BCUT2D eigenvalue weighted by Crippen LogP contribution is -2.32. The minimum absolute atomic E-state index is 0.0351. The van der Waals surface area contributed by atoms with Gasteiger partial charge in [0.15, 0.2) is 15.0 Å². The fourth-order valence-corrected chi connectivity index (χ4v) is 3.46. The third-order valence-electron chi connectivity index (χ3n) is 2.60. The number of urea groups is 1. The molecule has 1 aromatic heterocycles. The molecule has 1 heterocycles. The summed E-state index contributed by atoms with van der Waals surface area (Å²) in [7, 11) is -3.38. The van der Waals surface area contributed by atoms with Crippen molar-refractivity contribution >= 4 is 32.3 Å². The molecule has 8 heteroatoms. The van der Waals surface area contributed by atoms with E-state index in [4.69, 9.17) is 0 Å². The third-order valence-corrected chi connectivity index (χ3v) is 5.21. The standard InChI is InChI=1S/C13H15N3O3S2/c1-10-9-20-13(15-10)16-12(17)14-7-8-21(18,19)11-5-3-2-4-6-11/h2-6,9H,7-8H2,1H3,(H2,14,15,16,17). The third kappa shape index (κ3) is 4.54. The van der Waals surface area contributed by atoms with E-state index in [1.807, 2.05) is 12.3 Å². The number of nitrogens with zero attached hydrogens (tertiary/aromatic N) is 1. The second-order valence-electron chi connectivity index (χ2n) is 4.31. The number of nitrogens with one attached hydrogen (secondary N) is 2. The Morgan fingerprint density at radius 2 is 2.00 bits per heavy atom. The van der Waals surface area contributed by atoms with Crippen LogP contribution in [-0.2, 0) is 9.84 Å².